The zero-order valence-corrected chi connectivity index (χ0v) is 15.2. The van der Waals surface area contributed by atoms with E-state index in [1.165, 1.54) is 0 Å². The van der Waals surface area contributed by atoms with Crippen molar-refractivity contribution in [1.29, 1.82) is 5.41 Å². The Bertz CT molecular complexity index is 758. The third-order valence-corrected chi connectivity index (χ3v) is 4.25. The molecule has 0 atom stereocenters. The van der Waals surface area contributed by atoms with Crippen LogP contribution in [-0.4, -0.2) is 40.9 Å². The second kappa shape index (κ2) is 10.7. The summed E-state index contributed by atoms with van der Waals surface area (Å²) in [6.07, 6.45) is 3.40. The van der Waals surface area contributed by atoms with Crippen LogP contribution in [0.4, 0.5) is 5.69 Å². The van der Waals surface area contributed by atoms with E-state index in [4.69, 9.17) is 10.1 Å². The normalized spacial score (nSPS) is 13.6. The Kier molecular flexibility index (Phi) is 9.84. The van der Waals surface area contributed by atoms with Crippen molar-refractivity contribution in [3.05, 3.63) is 58.0 Å². The third kappa shape index (κ3) is 5.41. The van der Waals surface area contributed by atoms with Crippen LogP contribution in [0.2, 0.25) is 0 Å². The van der Waals surface area contributed by atoms with Crippen LogP contribution in [0.25, 0.3) is 0 Å². The standard InChI is InChI=1S/C17H19N3O2S.H3N.2H2O/c18-16(11-1-3-13(23)4-2-11)15-14(5-8-19-17(15)21)20-12-6-9-22-10-7-12;;;/h1-5,8,12,18,23H,6-7,9-10H2,(H2,19,20,21);1H3;2*1H2. The molecule has 1 saturated heterocycles. The van der Waals surface area contributed by atoms with E-state index in [2.05, 4.69) is 22.9 Å². The number of rotatable bonds is 4. The molecule has 0 aliphatic carbocycles. The van der Waals surface area contributed by atoms with Crippen LogP contribution in [0.3, 0.4) is 0 Å². The number of hydrogen-bond acceptors (Lipinski definition) is 6. The number of aromatic nitrogens is 1. The Balaban J connectivity index is 0.00000208. The molecule has 2 heterocycles. The summed E-state index contributed by atoms with van der Waals surface area (Å²) in [7, 11) is 0. The van der Waals surface area contributed by atoms with E-state index in [9.17, 15) is 4.79 Å². The zero-order chi connectivity index (χ0) is 16.2. The van der Waals surface area contributed by atoms with Gasteiger partial charge in [-0.25, -0.2) is 0 Å². The SMILES string of the molecule is N.N=C(c1ccc(S)cc1)c1c(NC2CCOCC2)cc[nH]c1=O.O.O. The van der Waals surface area contributed by atoms with Crippen LogP contribution < -0.4 is 17.0 Å². The number of nitrogens with one attached hydrogen (secondary N) is 3. The molecule has 26 heavy (non-hydrogen) atoms. The van der Waals surface area contributed by atoms with Crippen LogP contribution in [-0.2, 0) is 4.74 Å². The van der Waals surface area contributed by atoms with Crippen LogP contribution in [0.15, 0.2) is 46.2 Å². The maximum absolute atomic E-state index is 12.3. The van der Waals surface area contributed by atoms with E-state index in [-0.39, 0.29) is 34.4 Å². The summed E-state index contributed by atoms with van der Waals surface area (Å²) in [5.41, 5.74) is 1.69. The van der Waals surface area contributed by atoms with Crippen molar-refractivity contribution in [1.82, 2.24) is 11.1 Å². The number of benzene rings is 1. The summed E-state index contributed by atoms with van der Waals surface area (Å²) < 4.78 is 5.36. The average Bonchev–Trinajstić information content (AvgIpc) is 2.56. The average molecular weight is 382 g/mol. The molecule has 0 unspecified atom stereocenters. The fourth-order valence-electron chi connectivity index (χ4n) is 2.68. The number of pyridine rings is 1. The van der Waals surface area contributed by atoms with Gasteiger partial charge in [0.2, 0.25) is 0 Å². The van der Waals surface area contributed by atoms with Gasteiger partial charge in [-0.1, -0.05) is 12.1 Å². The number of H-pyrrole nitrogens is 1. The van der Waals surface area contributed by atoms with Crippen LogP contribution in [0, 0.1) is 5.41 Å². The van der Waals surface area contributed by atoms with E-state index in [1.54, 1.807) is 18.3 Å². The molecule has 0 spiro atoms. The van der Waals surface area contributed by atoms with Gasteiger partial charge in [-0.15, -0.1) is 12.6 Å². The first kappa shape index (κ1) is 23.8. The Morgan fingerprint density at radius 3 is 2.38 bits per heavy atom. The lowest BCUT2D eigenvalue weighted by atomic mass is 10.0. The predicted octanol–water partition coefficient (Wildman–Crippen LogP) is 1.18. The van der Waals surface area contributed by atoms with Gasteiger partial charge >= 0.3 is 0 Å². The Hall–Kier alpha value is -2.17. The molecule has 0 radical (unpaired) electrons. The molecule has 9 heteroatoms. The zero-order valence-electron chi connectivity index (χ0n) is 14.3. The first-order chi connectivity index (χ1) is 11.1. The molecule has 0 bridgehead atoms. The van der Waals surface area contributed by atoms with Gasteiger partial charge in [0.05, 0.1) is 17.0 Å². The van der Waals surface area contributed by atoms with Gasteiger partial charge in [0, 0.05) is 35.9 Å². The Morgan fingerprint density at radius 1 is 1.15 bits per heavy atom. The second-order valence-electron chi connectivity index (χ2n) is 5.55. The fourth-order valence-corrected chi connectivity index (χ4v) is 2.83. The molecule has 1 aromatic heterocycles. The number of ether oxygens (including phenoxy) is 1. The highest BCUT2D eigenvalue weighted by molar-refractivity contribution is 7.80. The molecule has 144 valence electrons. The molecule has 1 aliphatic rings. The summed E-state index contributed by atoms with van der Waals surface area (Å²) in [5.74, 6) is 0. The molecule has 1 aliphatic heterocycles. The van der Waals surface area contributed by atoms with E-state index in [0.717, 1.165) is 31.0 Å². The van der Waals surface area contributed by atoms with E-state index in [1.807, 2.05) is 18.2 Å². The van der Waals surface area contributed by atoms with Crippen molar-refractivity contribution < 1.29 is 15.7 Å². The van der Waals surface area contributed by atoms with Crippen LogP contribution in [0.1, 0.15) is 24.0 Å². The minimum absolute atomic E-state index is 0. The molecule has 2 aromatic rings. The fraction of sp³-hybridized carbons (Fsp3) is 0.294. The smallest absolute Gasteiger partial charge is 0.259 e. The molecule has 0 amide bonds. The number of anilines is 1. The summed E-state index contributed by atoms with van der Waals surface area (Å²) in [6.45, 7) is 1.44. The Morgan fingerprint density at radius 2 is 1.77 bits per heavy atom. The van der Waals surface area contributed by atoms with Gasteiger partial charge in [-0.05, 0) is 31.0 Å². The summed E-state index contributed by atoms with van der Waals surface area (Å²) in [6, 6.07) is 9.31. The quantitative estimate of drug-likeness (QED) is 0.394. The van der Waals surface area contributed by atoms with Gasteiger partial charge in [-0.3, -0.25) is 10.2 Å². The summed E-state index contributed by atoms with van der Waals surface area (Å²) in [4.78, 5) is 15.8. The van der Waals surface area contributed by atoms with E-state index in [0.29, 0.717) is 16.8 Å². The van der Waals surface area contributed by atoms with Crippen molar-refractivity contribution >= 4 is 24.0 Å². The van der Waals surface area contributed by atoms with Crippen molar-refractivity contribution in [2.75, 3.05) is 18.5 Å². The van der Waals surface area contributed by atoms with E-state index < -0.39 is 0 Å². The highest BCUT2D eigenvalue weighted by Crippen LogP contribution is 2.20. The van der Waals surface area contributed by atoms with Gasteiger partial charge in [-0.2, -0.15) is 0 Å². The van der Waals surface area contributed by atoms with Crippen molar-refractivity contribution in [3.8, 4) is 0 Å². The minimum Gasteiger partial charge on any atom is -0.412 e. The van der Waals surface area contributed by atoms with Gasteiger partial charge in [0.25, 0.3) is 5.56 Å². The molecule has 8 nitrogen and oxygen atoms in total. The largest absolute Gasteiger partial charge is 0.412 e. The predicted molar refractivity (Wildman–Crippen MR) is 106 cm³/mol. The molecule has 1 aromatic carbocycles. The molecular formula is C17H26N4O4S. The monoisotopic (exact) mass is 382 g/mol. The number of thiol groups is 1. The summed E-state index contributed by atoms with van der Waals surface area (Å²) >= 11 is 4.25. The lowest BCUT2D eigenvalue weighted by Crippen LogP contribution is -2.30. The molecular weight excluding hydrogens is 356 g/mol. The van der Waals surface area contributed by atoms with Gasteiger partial charge in [0.1, 0.15) is 0 Å². The molecule has 1 fully saturated rings. The number of hydrogen-bond donors (Lipinski definition) is 5. The summed E-state index contributed by atoms with van der Waals surface area (Å²) in [5, 5.41) is 11.8. The maximum Gasteiger partial charge on any atom is 0.259 e. The van der Waals surface area contributed by atoms with Crippen molar-refractivity contribution in [3.63, 3.8) is 0 Å². The van der Waals surface area contributed by atoms with Crippen molar-refractivity contribution in [2.45, 2.75) is 23.8 Å². The molecule has 0 saturated carbocycles. The molecule has 3 rings (SSSR count). The van der Waals surface area contributed by atoms with Crippen LogP contribution >= 0.6 is 12.6 Å². The highest BCUT2D eigenvalue weighted by atomic mass is 32.1. The van der Waals surface area contributed by atoms with Crippen molar-refractivity contribution in [2.24, 2.45) is 0 Å². The Labute approximate surface area is 157 Å². The van der Waals surface area contributed by atoms with Gasteiger partial charge in [0.15, 0.2) is 0 Å². The third-order valence-electron chi connectivity index (χ3n) is 3.95. The lowest BCUT2D eigenvalue weighted by molar-refractivity contribution is 0.0904. The first-order valence-electron chi connectivity index (χ1n) is 7.59. The second-order valence-corrected chi connectivity index (χ2v) is 6.06. The highest BCUT2D eigenvalue weighted by Gasteiger charge is 2.19. The minimum atomic E-state index is -0.262. The van der Waals surface area contributed by atoms with E-state index >= 15 is 0 Å². The first-order valence-corrected chi connectivity index (χ1v) is 8.04. The van der Waals surface area contributed by atoms with Gasteiger partial charge < -0.3 is 32.1 Å². The number of aromatic amines is 1. The topological polar surface area (TPSA) is 176 Å². The lowest BCUT2D eigenvalue weighted by Gasteiger charge is -2.25. The van der Waals surface area contributed by atoms with Crippen LogP contribution in [0.5, 0.6) is 0 Å². The molecule has 10 N–H and O–H groups in total. The maximum atomic E-state index is 12.3.